The van der Waals surface area contributed by atoms with Crippen LogP contribution in [0.5, 0.6) is 0 Å². The summed E-state index contributed by atoms with van der Waals surface area (Å²) >= 11 is 0. The van der Waals surface area contributed by atoms with E-state index in [9.17, 15) is 4.39 Å². The molecule has 1 fully saturated rings. The first-order chi connectivity index (χ1) is 8.18. The van der Waals surface area contributed by atoms with Gasteiger partial charge in [-0.25, -0.2) is 19.3 Å². The molecule has 6 nitrogen and oxygen atoms in total. The number of anilines is 1. The Kier molecular flexibility index (Phi) is 2.22. The third-order valence-corrected chi connectivity index (χ3v) is 3.01. The quantitative estimate of drug-likeness (QED) is 0.797. The molecule has 3 heterocycles. The number of aromatic nitrogens is 4. The zero-order valence-electron chi connectivity index (χ0n) is 9.25. The second kappa shape index (κ2) is 3.63. The van der Waals surface area contributed by atoms with Gasteiger partial charge < -0.3 is 10.5 Å². The van der Waals surface area contributed by atoms with Crippen LogP contribution in [0.3, 0.4) is 0 Å². The predicted molar refractivity (Wildman–Crippen MR) is 58.8 cm³/mol. The Morgan fingerprint density at radius 1 is 1.47 bits per heavy atom. The van der Waals surface area contributed by atoms with Gasteiger partial charge in [0.1, 0.15) is 18.0 Å². The number of alkyl halides is 1. The number of halogens is 1. The molecular weight excluding hydrogens is 225 g/mol. The van der Waals surface area contributed by atoms with Crippen LogP contribution >= 0.6 is 0 Å². The molecule has 0 radical (unpaired) electrons. The van der Waals surface area contributed by atoms with Crippen molar-refractivity contribution in [1.82, 2.24) is 19.5 Å². The van der Waals surface area contributed by atoms with E-state index in [-0.39, 0.29) is 11.7 Å². The maximum absolute atomic E-state index is 13.9. The number of ether oxygens (including phenoxy) is 1. The molecule has 0 bridgehead atoms. The Labute approximate surface area is 96.6 Å². The Morgan fingerprint density at radius 2 is 2.29 bits per heavy atom. The van der Waals surface area contributed by atoms with Crippen molar-refractivity contribution in [2.45, 2.75) is 19.3 Å². The lowest BCUT2D eigenvalue weighted by molar-refractivity contribution is 0.0242. The van der Waals surface area contributed by atoms with E-state index in [0.717, 1.165) is 0 Å². The lowest BCUT2D eigenvalue weighted by atomic mass is 10.1. The highest BCUT2D eigenvalue weighted by Gasteiger charge is 2.36. The number of nitrogens with zero attached hydrogens (tertiary/aromatic N) is 4. The van der Waals surface area contributed by atoms with Gasteiger partial charge in [0, 0.05) is 5.92 Å². The lowest BCUT2D eigenvalue weighted by Crippen LogP contribution is -2.19. The van der Waals surface area contributed by atoms with Crippen molar-refractivity contribution in [2.75, 3.05) is 12.3 Å². The molecule has 0 unspecified atom stereocenters. The van der Waals surface area contributed by atoms with Gasteiger partial charge in [0.2, 0.25) is 0 Å². The zero-order valence-corrected chi connectivity index (χ0v) is 9.25. The van der Waals surface area contributed by atoms with Crippen LogP contribution in [-0.2, 0) is 4.74 Å². The number of nitrogen functional groups attached to an aromatic ring is 1. The SMILES string of the molecule is C[C@@H]1CO[C@@H](n2cnc3c(N)ncnc32)[C@H]1F. The number of hydrogen-bond donors (Lipinski definition) is 1. The lowest BCUT2D eigenvalue weighted by Gasteiger charge is -2.15. The molecule has 0 spiro atoms. The summed E-state index contributed by atoms with van der Waals surface area (Å²) in [5.74, 6) is 0.159. The van der Waals surface area contributed by atoms with Crippen molar-refractivity contribution in [3.63, 3.8) is 0 Å². The minimum atomic E-state index is -1.07. The minimum absolute atomic E-state index is 0.128. The summed E-state index contributed by atoms with van der Waals surface area (Å²) in [5.41, 5.74) is 6.64. The third-order valence-electron chi connectivity index (χ3n) is 3.01. The highest BCUT2D eigenvalue weighted by atomic mass is 19.1. The van der Waals surface area contributed by atoms with Crippen LogP contribution in [0.15, 0.2) is 12.7 Å². The number of nitrogens with two attached hydrogens (primary N) is 1. The van der Waals surface area contributed by atoms with Gasteiger partial charge in [-0.1, -0.05) is 6.92 Å². The fourth-order valence-electron chi connectivity index (χ4n) is 2.01. The van der Waals surface area contributed by atoms with E-state index in [2.05, 4.69) is 15.0 Å². The van der Waals surface area contributed by atoms with E-state index in [1.165, 1.54) is 12.7 Å². The second-order valence-electron chi connectivity index (χ2n) is 4.23. The number of fused-ring (bicyclic) bond motifs is 1. The van der Waals surface area contributed by atoms with E-state index in [0.29, 0.717) is 17.8 Å². The summed E-state index contributed by atoms with van der Waals surface area (Å²) in [6, 6.07) is 0. The number of rotatable bonds is 1. The predicted octanol–water partition coefficient (Wildman–Crippen LogP) is 0.912. The first-order valence-electron chi connectivity index (χ1n) is 5.37. The van der Waals surface area contributed by atoms with Gasteiger partial charge in [-0.2, -0.15) is 0 Å². The molecule has 0 aliphatic carbocycles. The smallest absolute Gasteiger partial charge is 0.168 e. The molecule has 17 heavy (non-hydrogen) atoms. The van der Waals surface area contributed by atoms with Gasteiger partial charge in [-0.3, -0.25) is 4.57 Å². The van der Waals surface area contributed by atoms with Crippen LogP contribution in [0.4, 0.5) is 10.2 Å². The molecule has 2 N–H and O–H groups in total. The van der Waals surface area contributed by atoms with Gasteiger partial charge in [0.05, 0.1) is 12.9 Å². The van der Waals surface area contributed by atoms with Crippen molar-refractivity contribution < 1.29 is 9.13 Å². The van der Waals surface area contributed by atoms with Crippen LogP contribution in [-0.4, -0.2) is 32.3 Å². The van der Waals surface area contributed by atoms with Gasteiger partial charge in [-0.15, -0.1) is 0 Å². The Hall–Kier alpha value is -1.76. The summed E-state index contributed by atoms with van der Waals surface area (Å²) in [4.78, 5) is 12.0. The zero-order chi connectivity index (χ0) is 12.0. The molecule has 0 aromatic carbocycles. The van der Waals surface area contributed by atoms with E-state index >= 15 is 0 Å². The molecule has 1 aliphatic heterocycles. The normalized spacial score (nSPS) is 28.9. The molecule has 1 aliphatic rings. The fraction of sp³-hybridized carbons (Fsp3) is 0.500. The monoisotopic (exact) mass is 237 g/mol. The number of hydrogen-bond acceptors (Lipinski definition) is 5. The molecule has 3 rings (SSSR count). The summed E-state index contributed by atoms with van der Waals surface area (Å²) in [6.45, 7) is 2.21. The summed E-state index contributed by atoms with van der Waals surface area (Å²) in [6.07, 6.45) is 1.08. The second-order valence-corrected chi connectivity index (χ2v) is 4.23. The molecule has 1 saturated heterocycles. The molecule has 2 aromatic heterocycles. The van der Waals surface area contributed by atoms with Crippen molar-refractivity contribution in [1.29, 1.82) is 0 Å². The van der Waals surface area contributed by atoms with Crippen molar-refractivity contribution in [2.24, 2.45) is 5.92 Å². The van der Waals surface area contributed by atoms with Gasteiger partial charge >= 0.3 is 0 Å². The topological polar surface area (TPSA) is 78.9 Å². The molecule has 90 valence electrons. The molecule has 7 heteroatoms. The van der Waals surface area contributed by atoms with Gasteiger partial charge in [-0.05, 0) is 0 Å². The van der Waals surface area contributed by atoms with E-state index in [1.54, 1.807) is 4.57 Å². The molecule has 3 atom stereocenters. The van der Waals surface area contributed by atoms with Crippen LogP contribution < -0.4 is 5.73 Å². The molecule has 0 amide bonds. The van der Waals surface area contributed by atoms with Crippen LogP contribution in [0.2, 0.25) is 0 Å². The highest BCUT2D eigenvalue weighted by Crippen LogP contribution is 2.33. The Bertz CT molecular complexity index is 557. The van der Waals surface area contributed by atoms with Gasteiger partial charge in [0.25, 0.3) is 0 Å². The van der Waals surface area contributed by atoms with E-state index in [4.69, 9.17) is 10.5 Å². The van der Waals surface area contributed by atoms with Crippen molar-refractivity contribution in [3.05, 3.63) is 12.7 Å². The summed E-state index contributed by atoms with van der Waals surface area (Å²) < 4.78 is 20.9. The largest absolute Gasteiger partial charge is 0.382 e. The standard InChI is InChI=1S/C10H12FN5O/c1-5-2-17-10(6(5)11)16-4-15-7-8(12)13-3-14-9(7)16/h3-6,10H,2H2,1H3,(H2,12,13,14)/t5-,6+,10-/m1/s1. The third kappa shape index (κ3) is 1.46. The van der Waals surface area contributed by atoms with E-state index < -0.39 is 12.4 Å². The molecular formula is C10H12FN5O. The first kappa shape index (κ1) is 10.4. The van der Waals surface area contributed by atoms with Crippen molar-refractivity contribution in [3.8, 4) is 0 Å². The number of imidazole rings is 1. The maximum Gasteiger partial charge on any atom is 0.168 e. The highest BCUT2D eigenvalue weighted by molar-refractivity contribution is 5.81. The summed E-state index contributed by atoms with van der Waals surface area (Å²) in [5, 5.41) is 0. The van der Waals surface area contributed by atoms with Crippen LogP contribution in [0.25, 0.3) is 11.2 Å². The average Bonchev–Trinajstić information content (AvgIpc) is 2.86. The van der Waals surface area contributed by atoms with Crippen molar-refractivity contribution >= 4 is 17.0 Å². The van der Waals surface area contributed by atoms with Crippen LogP contribution in [0, 0.1) is 5.92 Å². The molecule has 0 saturated carbocycles. The first-order valence-corrected chi connectivity index (χ1v) is 5.37. The van der Waals surface area contributed by atoms with Crippen LogP contribution in [0.1, 0.15) is 13.2 Å². The average molecular weight is 237 g/mol. The maximum atomic E-state index is 13.9. The Balaban J connectivity index is 2.10. The fourth-order valence-corrected chi connectivity index (χ4v) is 2.01. The summed E-state index contributed by atoms with van der Waals surface area (Å²) in [7, 11) is 0. The van der Waals surface area contributed by atoms with Gasteiger partial charge in [0.15, 0.2) is 17.7 Å². The Morgan fingerprint density at radius 3 is 3.00 bits per heavy atom. The molecule has 2 aromatic rings. The minimum Gasteiger partial charge on any atom is -0.382 e. The van der Waals surface area contributed by atoms with E-state index in [1.807, 2.05) is 6.92 Å².